The maximum atomic E-state index is 0. The van der Waals surface area contributed by atoms with Crippen LogP contribution in [0.4, 0.5) is 0 Å². The van der Waals surface area contributed by atoms with Gasteiger partial charge in [-0.3, -0.25) is 0 Å². The first-order valence-corrected chi connectivity index (χ1v) is 0. The van der Waals surface area contributed by atoms with Crippen LogP contribution in [0, 0.1) is 0 Å². The van der Waals surface area contributed by atoms with Gasteiger partial charge in [0.1, 0.15) is 0 Å². The van der Waals surface area contributed by atoms with Crippen molar-refractivity contribution in [1.82, 2.24) is 0 Å². The molecule has 0 atom stereocenters. The van der Waals surface area contributed by atoms with Crippen molar-refractivity contribution in [1.29, 1.82) is 0 Å². The molecule has 0 aliphatic heterocycles. The molecule has 0 N–H and O–H groups in total. The van der Waals surface area contributed by atoms with Gasteiger partial charge < -0.3 is 0 Å². The van der Waals surface area contributed by atoms with Crippen LogP contribution in [0.1, 0.15) is 0 Å². The molecule has 2 radical (unpaired) electrons. The third-order valence-corrected chi connectivity index (χ3v) is 0. The molecule has 0 aliphatic rings. The minimum Gasteiger partial charge on any atom is 0 e. The van der Waals surface area contributed by atoms with E-state index in [0.29, 0.717) is 0 Å². The van der Waals surface area contributed by atoms with E-state index in [-0.39, 0.29) is 66.5 Å². The average molecular weight is 235 g/mol. The summed E-state index contributed by atoms with van der Waals surface area (Å²) in [4.78, 5) is 0. The molecule has 0 saturated carbocycles. The quantitative estimate of drug-likeness (QED) is 0.518. The van der Waals surface area contributed by atoms with Crippen LogP contribution < -0.4 is 0 Å². The van der Waals surface area contributed by atoms with Gasteiger partial charge in [-0.1, -0.05) is 0 Å². The molecule has 0 rings (SSSR count). The van der Waals surface area contributed by atoms with E-state index in [1.165, 1.54) is 0 Å². The van der Waals surface area contributed by atoms with Crippen LogP contribution in [0.2, 0.25) is 0 Å². The predicted molar refractivity (Wildman–Crippen MR) is 0 cm³/mol. The molecule has 0 spiro atoms. The van der Waals surface area contributed by atoms with Crippen molar-refractivity contribution in [3.8, 4) is 0 Å². The van der Waals surface area contributed by atoms with Gasteiger partial charge in [0.2, 0.25) is 0 Å². The molecular formula is Co2Ni2. The Morgan fingerprint density at radius 1 is 0.500 bits per heavy atom. The second kappa shape index (κ2) is 20.0. The average Bonchev–Trinajstić information content (AvgIpc) is 0. The van der Waals surface area contributed by atoms with E-state index in [2.05, 4.69) is 0 Å². The number of hydrogen-bond acceptors (Lipinski definition) is 0. The Hall–Kier alpha value is 2.00. The summed E-state index contributed by atoms with van der Waals surface area (Å²) >= 11 is 0. The Bertz CT molecular complexity index is 4.00. The molecule has 4 heteroatoms. The summed E-state index contributed by atoms with van der Waals surface area (Å²) in [5.41, 5.74) is 0. The zero-order valence-electron chi connectivity index (χ0n) is 1.30. The van der Waals surface area contributed by atoms with E-state index in [4.69, 9.17) is 0 Å². The largest absolute Gasteiger partial charge is 0 e. The first-order chi connectivity index (χ1) is 0. The van der Waals surface area contributed by atoms with Crippen LogP contribution >= 0.6 is 0 Å². The molecule has 0 saturated heterocycles. The van der Waals surface area contributed by atoms with Crippen LogP contribution in [0.5, 0.6) is 0 Å². The van der Waals surface area contributed by atoms with Crippen molar-refractivity contribution < 1.29 is 66.5 Å². The molecular weight excluding hydrogens is 235 g/mol. The van der Waals surface area contributed by atoms with Crippen molar-refractivity contribution in [2.45, 2.75) is 0 Å². The normalized spacial score (nSPS) is 0. The standard InChI is InChI=1S/2Co.2Ni. The van der Waals surface area contributed by atoms with E-state index < -0.39 is 0 Å². The summed E-state index contributed by atoms with van der Waals surface area (Å²) in [6, 6.07) is 0. The fourth-order valence-electron chi connectivity index (χ4n) is 0. The van der Waals surface area contributed by atoms with E-state index >= 15 is 0 Å². The second-order valence-electron chi connectivity index (χ2n) is 0. The maximum absolute atomic E-state index is 0. The molecule has 0 heterocycles. The molecule has 0 amide bonds. The van der Waals surface area contributed by atoms with Gasteiger partial charge in [-0.25, -0.2) is 0 Å². The van der Waals surface area contributed by atoms with Crippen LogP contribution in [0.15, 0.2) is 0 Å². The van der Waals surface area contributed by atoms with E-state index in [1.807, 2.05) is 0 Å². The van der Waals surface area contributed by atoms with Crippen LogP contribution in [0.3, 0.4) is 0 Å². The molecule has 0 aromatic rings. The van der Waals surface area contributed by atoms with E-state index in [9.17, 15) is 0 Å². The van der Waals surface area contributed by atoms with Gasteiger partial charge in [-0.2, -0.15) is 0 Å². The fourth-order valence-corrected chi connectivity index (χ4v) is 0. The zero-order valence-corrected chi connectivity index (χ0v) is 5.36. The minimum atomic E-state index is 0. The Morgan fingerprint density at radius 2 is 0.500 bits per heavy atom. The Morgan fingerprint density at radius 3 is 0.500 bits per heavy atom. The molecule has 0 nitrogen and oxygen atoms in total. The predicted octanol–water partition coefficient (Wildman–Crippen LogP) is -0.0100. The Balaban J connectivity index is 0. The van der Waals surface area contributed by atoms with Crippen molar-refractivity contribution in [2.75, 3.05) is 0 Å². The number of rotatable bonds is 0. The summed E-state index contributed by atoms with van der Waals surface area (Å²) < 4.78 is 0. The summed E-state index contributed by atoms with van der Waals surface area (Å²) in [7, 11) is 0. The van der Waals surface area contributed by atoms with Gasteiger partial charge in [0.25, 0.3) is 0 Å². The molecule has 0 unspecified atom stereocenters. The van der Waals surface area contributed by atoms with Crippen LogP contribution in [-0.2, 0) is 66.5 Å². The van der Waals surface area contributed by atoms with Crippen molar-refractivity contribution in [3.63, 3.8) is 0 Å². The molecule has 0 aromatic heterocycles. The van der Waals surface area contributed by atoms with Gasteiger partial charge in [0, 0.05) is 66.5 Å². The molecule has 0 aromatic carbocycles. The van der Waals surface area contributed by atoms with Gasteiger partial charge in [-0.05, 0) is 0 Å². The Kier molecular flexibility index (Phi) is 188. The van der Waals surface area contributed by atoms with Crippen molar-refractivity contribution in [2.24, 2.45) is 0 Å². The SMILES string of the molecule is [Co].[Co].[Ni].[Ni]. The topological polar surface area (TPSA) is 0 Å². The smallest absolute Gasteiger partial charge is 0 e. The second-order valence-corrected chi connectivity index (χ2v) is 0. The van der Waals surface area contributed by atoms with Gasteiger partial charge in [0.15, 0.2) is 0 Å². The van der Waals surface area contributed by atoms with Crippen molar-refractivity contribution in [3.05, 3.63) is 0 Å². The first kappa shape index (κ1) is 37.5. The van der Waals surface area contributed by atoms with Crippen LogP contribution in [-0.4, -0.2) is 0 Å². The third kappa shape index (κ3) is 9.00. The van der Waals surface area contributed by atoms with Crippen molar-refractivity contribution >= 4 is 0 Å². The maximum Gasteiger partial charge on any atom is 0 e. The van der Waals surface area contributed by atoms with Gasteiger partial charge in [0.05, 0.1) is 0 Å². The minimum absolute atomic E-state index is 0. The zero-order chi connectivity index (χ0) is 0. The monoisotopic (exact) mass is 234 g/mol. The van der Waals surface area contributed by atoms with Gasteiger partial charge >= 0.3 is 0 Å². The summed E-state index contributed by atoms with van der Waals surface area (Å²) in [6.45, 7) is 0. The van der Waals surface area contributed by atoms with Crippen LogP contribution in [0.25, 0.3) is 0 Å². The summed E-state index contributed by atoms with van der Waals surface area (Å²) in [5, 5.41) is 0. The van der Waals surface area contributed by atoms with Gasteiger partial charge in [-0.15, -0.1) is 0 Å². The first-order valence-electron chi connectivity index (χ1n) is 0. The third-order valence-electron chi connectivity index (χ3n) is 0. The summed E-state index contributed by atoms with van der Waals surface area (Å²) in [5.74, 6) is 0. The van der Waals surface area contributed by atoms with E-state index in [1.54, 1.807) is 0 Å². The molecule has 38 valence electrons. The number of hydrogen-bond donors (Lipinski definition) is 0. The Labute approximate surface area is 66.1 Å². The molecule has 0 fully saturated rings. The molecule has 0 aliphatic carbocycles. The van der Waals surface area contributed by atoms with E-state index in [0.717, 1.165) is 0 Å². The molecule has 4 heavy (non-hydrogen) atoms. The fraction of sp³-hybridized carbons (Fsp3) is 0. The molecule has 0 bridgehead atoms. The summed E-state index contributed by atoms with van der Waals surface area (Å²) in [6.07, 6.45) is 0.